The van der Waals surface area contributed by atoms with Gasteiger partial charge in [0.25, 0.3) is 0 Å². The highest BCUT2D eigenvalue weighted by atomic mass is 19.2. The maximum atomic E-state index is 13.7. The van der Waals surface area contributed by atoms with Gasteiger partial charge >= 0.3 is 5.97 Å². The van der Waals surface area contributed by atoms with E-state index < -0.39 is 17.6 Å². The molecule has 0 aromatic heterocycles. The van der Waals surface area contributed by atoms with E-state index in [1.54, 1.807) is 6.07 Å². The number of fused-ring (bicyclic) bond motifs is 1. The molecule has 2 aromatic rings. The molecule has 2 aromatic carbocycles. The van der Waals surface area contributed by atoms with Crippen LogP contribution in [0.4, 0.5) is 8.78 Å². The molecule has 0 saturated heterocycles. The lowest BCUT2D eigenvalue weighted by atomic mass is 9.89. The molecule has 0 aliphatic heterocycles. The van der Waals surface area contributed by atoms with E-state index in [2.05, 4.69) is 0 Å². The number of aryl methyl sites for hydroxylation is 1. The molecule has 4 nitrogen and oxygen atoms in total. The summed E-state index contributed by atoms with van der Waals surface area (Å²) in [6.45, 7) is 0.180. The average molecular weight is 362 g/mol. The summed E-state index contributed by atoms with van der Waals surface area (Å²) in [6, 6.07) is 9.69. The summed E-state index contributed by atoms with van der Waals surface area (Å²) in [5, 5.41) is 8.66. The summed E-state index contributed by atoms with van der Waals surface area (Å²) in [4.78, 5) is 10.5. The van der Waals surface area contributed by atoms with E-state index in [1.807, 2.05) is 12.1 Å². The molecule has 6 heteroatoms. The average Bonchev–Trinajstić information content (AvgIpc) is 2.62. The van der Waals surface area contributed by atoms with Gasteiger partial charge in [0.2, 0.25) is 0 Å². The normalized spacial score (nSPS) is 16.2. The zero-order chi connectivity index (χ0) is 18.5. The molecule has 138 valence electrons. The minimum atomic E-state index is -0.884. The van der Waals surface area contributed by atoms with Crippen LogP contribution < -0.4 is 4.74 Å². The summed E-state index contributed by atoms with van der Waals surface area (Å²) in [7, 11) is 0. The summed E-state index contributed by atoms with van der Waals surface area (Å²) >= 11 is 0. The van der Waals surface area contributed by atoms with Crippen molar-refractivity contribution in [1.82, 2.24) is 0 Å². The van der Waals surface area contributed by atoms with Gasteiger partial charge in [0, 0.05) is 5.56 Å². The van der Waals surface area contributed by atoms with Crippen LogP contribution >= 0.6 is 0 Å². The van der Waals surface area contributed by atoms with E-state index in [1.165, 1.54) is 12.1 Å². The molecule has 0 radical (unpaired) electrons. The van der Waals surface area contributed by atoms with Crippen molar-refractivity contribution in [3.63, 3.8) is 0 Å². The summed E-state index contributed by atoms with van der Waals surface area (Å²) in [5.41, 5.74) is 2.45. The van der Waals surface area contributed by atoms with Crippen LogP contribution in [-0.4, -0.2) is 23.8 Å². The standard InChI is InChI=1S/C20H20F2O4/c21-18-3-1-2-15(20(18)22)12-26-17-7-5-13-10-16(6-4-14(13)11-17)25-9-8-19(23)24/h1-3,5,7,11,16H,4,6,8-10,12H2,(H,23,24). The number of ether oxygens (including phenoxy) is 2. The van der Waals surface area contributed by atoms with Crippen molar-refractivity contribution < 1.29 is 28.2 Å². The number of carboxylic acids is 1. The van der Waals surface area contributed by atoms with Gasteiger partial charge in [-0.2, -0.15) is 0 Å². The fourth-order valence-corrected chi connectivity index (χ4v) is 3.06. The molecule has 1 aliphatic carbocycles. The molecular formula is C20H20F2O4. The van der Waals surface area contributed by atoms with Crippen LogP contribution in [0.3, 0.4) is 0 Å². The van der Waals surface area contributed by atoms with Gasteiger partial charge in [-0.1, -0.05) is 18.2 Å². The Morgan fingerprint density at radius 1 is 1.19 bits per heavy atom. The second-order valence-electron chi connectivity index (χ2n) is 6.31. The monoisotopic (exact) mass is 362 g/mol. The lowest BCUT2D eigenvalue weighted by Gasteiger charge is -2.25. The van der Waals surface area contributed by atoms with Crippen molar-refractivity contribution in [3.05, 3.63) is 64.7 Å². The predicted molar refractivity (Wildman–Crippen MR) is 91.1 cm³/mol. The number of benzene rings is 2. The van der Waals surface area contributed by atoms with Crippen LogP contribution in [0.5, 0.6) is 5.75 Å². The van der Waals surface area contributed by atoms with Crippen LogP contribution in [0.15, 0.2) is 36.4 Å². The third-order valence-electron chi connectivity index (χ3n) is 4.46. The number of carboxylic acid groups (broad SMARTS) is 1. The zero-order valence-electron chi connectivity index (χ0n) is 14.2. The van der Waals surface area contributed by atoms with E-state index in [0.29, 0.717) is 5.75 Å². The largest absolute Gasteiger partial charge is 0.489 e. The summed E-state index contributed by atoms with van der Waals surface area (Å²) in [6.07, 6.45) is 2.38. The fraction of sp³-hybridized carbons (Fsp3) is 0.350. The minimum Gasteiger partial charge on any atom is -0.489 e. The Morgan fingerprint density at radius 3 is 2.85 bits per heavy atom. The molecule has 0 amide bonds. The quantitative estimate of drug-likeness (QED) is 0.812. The molecule has 0 bridgehead atoms. The highest BCUT2D eigenvalue weighted by molar-refractivity contribution is 5.66. The SMILES string of the molecule is O=C(O)CCOC1CCc2cc(OCc3cccc(F)c3F)ccc2C1. The Kier molecular flexibility index (Phi) is 5.83. The molecule has 0 spiro atoms. The van der Waals surface area contributed by atoms with Crippen LogP contribution in [0, 0.1) is 11.6 Å². The number of rotatable bonds is 7. The van der Waals surface area contributed by atoms with E-state index in [9.17, 15) is 13.6 Å². The molecule has 1 N–H and O–H groups in total. The third kappa shape index (κ3) is 4.58. The van der Waals surface area contributed by atoms with E-state index in [0.717, 1.165) is 36.5 Å². The van der Waals surface area contributed by atoms with Crippen LogP contribution in [0.2, 0.25) is 0 Å². The van der Waals surface area contributed by atoms with Gasteiger partial charge in [-0.3, -0.25) is 4.79 Å². The van der Waals surface area contributed by atoms with Crippen molar-refractivity contribution in [2.45, 2.75) is 38.4 Å². The summed E-state index contributed by atoms with van der Waals surface area (Å²) in [5.74, 6) is -2.02. The molecule has 26 heavy (non-hydrogen) atoms. The lowest BCUT2D eigenvalue weighted by molar-refractivity contribution is -0.138. The first-order chi connectivity index (χ1) is 12.5. The smallest absolute Gasteiger partial charge is 0.305 e. The Bertz CT molecular complexity index is 791. The molecule has 0 saturated carbocycles. The van der Waals surface area contributed by atoms with Crippen LogP contribution in [0.1, 0.15) is 29.5 Å². The molecule has 0 heterocycles. The van der Waals surface area contributed by atoms with Crippen molar-refractivity contribution in [2.75, 3.05) is 6.61 Å². The zero-order valence-corrected chi connectivity index (χ0v) is 14.2. The Balaban J connectivity index is 1.58. The van der Waals surface area contributed by atoms with Crippen molar-refractivity contribution in [1.29, 1.82) is 0 Å². The highest BCUT2D eigenvalue weighted by Crippen LogP contribution is 2.27. The Morgan fingerprint density at radius 2 is 2.04 bits per heavy atom. The molecule has 3 rings (SSSR count). The predicted octanol–water partition coefficient (Wildman–Crippen LogP) is 3.89. The first-order valence-electron chi connectivity index (χ1n) is 8.54. The fourth-order valence-electron chi connectivity index (χ4n) is 3.06. The highest BCUT2D eigenvalue weighted by Gasteiger charge is 2.20. The maximum absolute atomic E-state index is 13.7. The van der Waals surface area contributed by atoms with Gasteiger partial charge in [-0.05, 0) is 48.6 Å². The second-order valence-corrected chi connectivity index (χ2v) is 6.31. The number of carbonyl (C=O) groups is 1. The molecule has 1 aliphatic rings. The first-order valence-corrected chi connectivity index (χ1v) is 8.54. The van der Waals surface area contributed by atoms with Gasteiger partial charge in [0.05, 0.1) is 19.1 Å². The first kappa shape index (κ1) is 18.3. The van der Waals surface area contributed by atoms with Gasteiger partial charge in [0.1, 0.15) is 12.4 Å². The Hall–Kier alpha value is -2.47. The van der Waals surface area contributed by atoms with Crippen molar-refractivity contribution in [2.24, 2.45) is 0 Å². The lowest BCUT2D eigenvalue weighted by Crippen LogP contribution is -2.23. The third-order valence-corrected chi connectivity index (χ3v) is 4.46. The second kappa shape index (κ2) is 8.27. The van der Waals surface area contributed by atoms with Gasteiger partial charge in [-0.25, -0.2) is 8.78 Å². The maximum Gasteiger partial charge on any atom is 0.305 e. The number of halogens is 2. The van der Waals surface area contributed by atoms with E-state index >= 15 is 0 Å². The van der Waals surface area contributed by atoms with Crippen LogP contribution in [0.25, 0.3) is 0 Å². The summed E-state index contributed by atoms with van der Waals surface area (Å²) < 4.78 is 38.1. The van der Waals surface area contributed by atoms with Gasteiger partial charge in [0.15, 0.2) is 11.6 Å². The molecule has 0 fully saturated rings. The molecule has 1 atom stereocenters. The Labute approximate surface area is 150 Å². The minimum absolute atomic E-state index is 0.00672. The number of hydrogen-bond donors (Lipinski definition) is 1. The number of hydrogen-bond acceptors (Lipinski definition) is 3. The van der Waals surface area contributed by atoms with E-state index in [-0.39, 0.29) is 31.3 Å². The topological polar surface area (TPSA) is 55.8 Å². The van der Waals surface area contributed by atoms with Crippen molar-refractivity contribution in [3.8, 4) is 5.75 Å². The van der Waals surface area contributed by atoms with Crippen molar-refractivity contribution >= 4 is 5.97 Å². The molecular weight excluding hydrogens is 342 g/mol. The molecule has 1 unspecified atom stereocenters. The van der Waals surface area contributed by atoms with E-state index in [4.69, 9.17) is 14.6 Å². The van der Waals surface area contributed by atoms with Gasteiger partial charge < -0.3 is 14.6 Å². The van der Waals surface area contributed by atoms with Gasteiger partial charge in [-0.15, -0.1) is 0 Å². The number of aliphatic carboxylic acids is 1. The van der Waals surface area contributed by atoms with Crippen LogP contribution in [-0.2, 0) is 29.0 Å².